The first-order chi connectivity index (χ1) is 30.8. The lowest BCUT2D eigenvalue weighted by molar-refractivity contribution is -0.147. The van der Waals surface area contributed by atoms with Crippen molar-refractivity contribution in [2.24, 2.45) is 5.73 Å². The molecule has 0 amide bonds. The molecule has 0 spiro atoms. The molecule has 0 bridgehead atoms. The van der Waals surface area contributed by atoms with E-state index in [4.69, 9.17) is 19.9 Å². The van der Waals surface area contributed by atoms with E-state index in [2.05, 4.69) is 20.8 Å². The molecule has 2 aromatic carbocycles. The number of epoxide rings is 1. The van der Waals surface area contributed by atoms with Crippen molar-refractivity contribution < 1.29 is 34.0 Å². The third-order valence-corrected chi connectivity index (χ3v) is 11.5. The summed E-state index contributed by atoms with van der Waals surface area (Å²) in [4.78, 5) is 25.1. The molecule has 3 unspecified atom stereocenters. The van der Waals surface area contributed by atoms with Crippen molar-refractivity contribution in [2.75, 3.05) is 32.8 Å². The van der Waals surface area contributed by atoms with Crippen LogP contribution in [0.5, 0.6) is 0 Å². The second-order valence-electron chi connectivity index (χ2n) is 17.7. The average molecular weight is 883 g/mol. The van der Waals surface area contributed by atoms with Crippen molar-refractivity contribution in [1.82, 2.24) is 4.90 Å². The fourth-order valence-electron chi connectivity index (χ4n) is 7.51. The molecular weight excluding hydrogens is 789 g/mol. The average Bonchev–Trinajstić information content (AvgIpc) is 4.13. The molecule has 0 radical (unpaired) electrons. The number of carbonyl (C=O) groups excluding carboxylic acids is 2. The summed E-state index contributed by atoms with van der Waals surface area (Å²) in [7, 11) is 0. The van der Waals surface area contributed by atoms with Gasteiger partial charge in [-0.3, -0.25) is 14.5 Å². The number of carbonyl (C=O) groups is 2. The van der Waals surface area contributed by atoms with E-state index in [0.717, 1.165) is 56.3 Å². The SMILES string of the molecule is CCCCCCCCCCC(O)CN(CC(=O)OCc1ccccc1)CC(O)CCCCCCCCCC.CCCCCCCCCCC1CO1.NCC(=O)OCc1ccccc1. The van der Waals surface area contributed by atoms with Crippen LogP contribution in [0, 0.1) is 0 Å². The second-order valence-corrected chi connectivity index (χ2v) is 17.7. The van der Waals surface area contributed by atoms with Crippen molar-refractivity contribution in [1.29, 1.82) is 0 Å². The Morgan fingerprint density at radius 1 is 0.571 bits per heavy atom. The van der Waals surface area contributed by atoms with Gasteiger partial charge in [0, 0.05) is 13.1 Å². The molecule has 1 aliphatic rings. The number of ether oxygens (including phenoxy) is 3. The Labute approximate surface area is 385 Å². The van der Waals surface area contributed by atoms with E-state index in [1.54, 1.807) is 0 Å². The van der Waals surface area contributed by atoms with Gasteiger partial charge >= 0.3 is 11.9 Å². The van der Waals surface area contributed by atoms with Crippen LogP contribution in [0.25, 0.3) is 0 Å². The molecule has 0 saturated carbocycles. The Kier molecular flexibility index (Phi) is 39.8. The van der Waals surface area contributed by atoms with Crippen LogP contribution in [0.1, 0.15) is 205 Å². The maximum absolute atomic E-state index is 12.6. The van der Waals surface area contributed by atoms with E-state index >= 15 is 0 Å². The number of nitrogens with zero attached hydrogens (tertiary/aromatic N) is 1. The zero-order chi connectivity index (χ0) is 45.9. The maximum Gasteiger partial charge on any atom is 0.320 e. The maximum atomic E-state index is 12.6. The number of hydrogen-bond acceptors (Lipinski definition) is 9. The highest BCUT2D eigenvalue weighted by atomic mass is 16.6. The summed E-state index contributed by atoms with van der Waals surface area (Å²) in [6, 6.07) is 19.2. The molecule has 1 heterocycles. The molecule has 63 heavy (non-hydrogen) atoms. The van der Waals surface area contributed by atoms with Crippen molar-refractivity contribution in [3.05, 3.63) is 71.8 Å². The molecule has 9 nitrogen and oxygen atoms in total. The molecule has 0 aliphatic carbocycles. The van der Waals surface area contributed by atoms with Gasteiger partial charge in [0.05, 0.1) is 38.0 Å². The number of esters is 2. The normalized spacial score (nSPS) is 13.9. The summed E-state index contributed by atoms with van der Waals surface area (Å²) >= 11 is 0. The van der Waals surface area contributed by atoms with E-state index < -0.39 is 12.2 Å². The standard InChI is InChI=1S/C33H59NO4.C12H24O.C9H11NO2/c1-3-5-7-9-11-13-15-20-24-31(35)26-34(28-33(37)38-29-30-22-18-17-19-23-30)27-32(36)25-21-16-14-12-10-8-6-4-2;1-2-3-4-5-6-7-8-9-10-12-11-13-12;10-6-9(11)12-7-8-4-2-1-3-5-8/h17-19,22-23,31-32,35-36H,3-16,20-21,24-29H2,1-2H3;12H,2-11H2,1H3;1-5H,6-7,10H2. The number of hydrogen-bond donors (Lipinski definition) is 3. The van der Waals surface area contributed by atoms with Gasteiger partial charge in [0.1, 0.15) is 13.2 Å². The smallest absolute Gasteiger partial charge is 0.320 e. The predicted molar refractivity (Wildman–Crippen MR) is 261 cm³/mol. The van der Waals surface area contributed by atoms with E-state index in [1.165, 1.54) is 135 Å². The molecule has 9 heteroatoms. The van der Waals surface area contributed by atoms with Crippen molar-refractivity contribution in [2.45, 2.75) is 226 Å². The molecule has 362 valence electrons. The quantitative estimate of drug-likeness (QED) is 0.0342. The molecule has 4 N–H and O–H groups in total. The molecule has 0 aromatic heterocycles. The summed E-state index contributed by atoms with van der Waals surface area (Å²) in [5, 5.41) is 21.4. The lowest BCUT2D eigenvalue weighted by Gasteiger charge is -2.26. The molecule has 1 fully saturated rings. The van der Waals surface area contributed by atoms with Crippen LogP contribution in [-0.2, 0) is 37.0 Å². The van der Waals surface area contributed by atoms with Crippen LogP contribution in [-0.4, -0.2) is 78.1 Å². The summed E-state index contributed by atoms with van der Waals surface area (Å²) in [6.45, 7) is 9.16. The van der Waals surface area contributed by atoms with Crippen molar-refractivity contribution in [3.63, 3.8) is 0 Å². The second kappa shape index (κ2) is 43.1. The molecule has 3 rings (SSSR count). The first kappa shape index (κ1) is 58.2. The minimum Gasteiger partial charge on any atom is -0.460 e. The summed E-state index contributed by atoms with van der Waals surface area (Å²) in [5.41, 5.74) is 6.99. The van der Waals surface area contributed by atoms with E-state index in [1.807, 2.05) is 65.6 Å². The lowest BCUT2D eigenvalue weighted by Crippen LogP contribution is -2.41. The minimum absolute atomic E-state index is 0.0627. The first-order valence-electron chi connectivity index (χ1n) is 25.6. The number of aliphatic hydroxyl groups is 2. The van der Waals surface area contributed by atoms with Gasteiger partial charge in [-0.25, -0.2) is 0 Å². The van der Waals surface area contributed by atoms with Gasteiger partial charge in [0.15, 0.2) is 0 Å². The Morgan fingerprint density at radius 2 is 0.921 bits per heavy atom. The van der Waals surface area contributed by atoms with Gasteiger partial charge in [-0.15, -0.1) is 0 Å². The highest BCUT2D eigenvalue weighted by molar-refractivity contribution is 5.71. The topological polar surface area (TPSA) is 135 Å². The Morgan fingerprint density at radius 3 is 1.29 bits per heavy atom. The van der Waals surface area contributed by atoms with Gasteiger partial charge in [-0.1, -0.05) is 236 Å². The van der Waals surface area contributed by atoms with Crippen LogP contribution in [0.4, 0.5) is 0 Å². The zero-order valence-corrected chi connectivity index (χ0v) is 40.5. The lowest BCUT2D eigenvalue weighted by atomic mass is 10.0. The van der Waals surface area contributed by atoms with Gasteiger partial charge < -0.3 is 30.2 Å². The van der Waals surface area contributed by atoms with E-state index in [-0.39, 0.29) is 31.6 Å². The van der Waals surface area contributed by atoms with Crippen molar-refractivity contribution in [3.8, 4) is 0 Å². The molecule has 3 atom stereocenters. The van der Waals surface area contributed by atoms with Crippen LogP contribution >= 0.6 is 0 Å². The number of benzene rings is 2. The summed E-state index contributed by atoms with van der Waals surface area (Å²) in [5.74, 6) is -0.689. The fraction of sp³-hybridized carbons (Fsp3) is 0.741. The number of aliphatic hydroxyl groups excluding tert-OH is 2. The highest BCUT2D eigenvalue weighted by Gasteiger charge is 2.21. The van der Waals surface area contributed by atoms with Crippen LogP contribution in [0.3, 0.4) is 0 Å². The van der Waals surface area contributed by atoms with Gasteiger partial charge in [0.25, 0.3) is 0 Å². The Hall–Kier alpha value is -2.82. The van der Waals surface area contributed by atoms with Gasteiger partial charge in [-0.2, -0.15) is 0 Å². The van der Waals surface area contributed by atoms with Crippen molar-refractivity contribution >= 4 is 11.9 Å². The van der Waals surface area contributed by atoms with Gasteiger partial charge in [0.2, 0.25) is 0 Å². The fourth-order valence-corrected chi connectivity index (χ4v) is 7.51. The summed E-state index contributed by atoms with van der Waals surface area (Å²) < 4.78 is 15.5. The van der Waals surface area contributed by atoms with E-state index in [0.29, 0.717) is 25.8 Å². The van der Waals surface area contributed by atoms with E-state index in [9.17, 15) is 19.8 Å². The van der Waals surface area contributed by atoms with Crippen LogP contribution in [0.2, 0.25) is 0 Å². The third kappa shape index (κ3) is 39.3. The Bertz CT molecular complexity index is 1250. The first-order valence-corrected chi connectivity index (χ1v) is 25.6. The monoisotopic (exact) mass is 883 g/mol. The number of nitrogens with two attached hydrogens (primary N) is 1. The largest absolute Gasteiger partial charge is 0.460 e. The van der Waals surface area contributed by atoms with Crippen LogP contribution in [0.15, 0.2) is 60.7 Å². The van der Waals surface area contributed by atoms with Gasteiger partial charge in [-0.05, 0) is 30.4 Å². The molecule has 2 aromatic rings. The zero-order valence-electron chi connectivity index (χ0n) is 40.5. The number of unbranched alkanes of at least 4 members (excludes halogenated alkanes) is 21. The Balaban J connectivity index is 0.000000635. The highest BCUT2D eigenvalue weighted by Crippen LogP contribution is 2.18. The van der Waals surface area contributed by atoms with Crippen LogP contribution < -0.4 is 5.73 Å². The molecular formula is C54H94N2O7. The number of rotatable bonds is 38. The molecule has 1 aliphatic heterocycles. The minimum atomic E-state index is -0.493. The predicted octanol–water partition coefficient (Wildman–Crippen LogP) is 12.4. The summed E-state index contributed by atoms with van der Waals surface area (Å²) in [6.07, 6.45) is 33.6. The third-order valence-electron chi connectivity index (χ3n) is 11.5. The molecule has 1 saturated heterocycles.